The van der Waals surface area contributed by atoms with Gasteiger partial charge in [0.2, 0.25) is 0 Å². The van der Waals surface area contributed by atoms with E-state index in [0.717, 1.165) is 22.2 Å². The highest BCUT2D eigenvalue weighted by atomic mass is 79.9. The molecule has 6 heteroatoms. The van der Waals surface area contributed by atoms with Crippen LogP contribution in [-0.2, 0) is 4.74 Å². The highest BCUT2D eigenvalue weighted by Gasteiger charge is 2.23. The van der Waals surface area contributed by atoms with E-state index in [1.54, 1.807) is 0 Å². The molecule has 18 heavy (non-hydrogen) atoms. The number of rotatable bonds is 3. The van der Waals surface area contributed by atoms with Crippen LogP contribution in [0.15, 0.2) is 22.7 Å². The van der Waals surface area contributed by atoms with Crippen LogP contribution in [0.4, 0.5) is 4.79 Å². The second-order valence-electron chi connectivity index (χ2n) is 3.74. The van der Waals surface area contributed by atoms with Crippen molar-refractivity contribution < 1.29 is 14.3 Å². The Labute approximate surface area is 121 Å². The van der Waals surface area contributed by atoms with Crippen molar-refractivity contribution in [2.45, 2.75) is 19.4 Å². The van der Waals surface area contributed by atoms with Gasteiger partial charge in [0.25, 0.3) is 0 Å². The maximum atomic E-state index is 11.2. The summed E-state index contributed by atoms with van der Waals surface area (Å²) in [5, 5.41) is 2.80. The Morgan fingerprint density at radius 2 is 2.33 bits per heavy atom. The van der Waals surface area contributed by atoms with Crippen LogP contribution in [0.25, 0.3) is 0 Å². The van der Waals surface area contributed by atoms with Crippen LogP contribution >= 0.6 is 28.3 Å². The summed E-state index contributed by atoms with van der Waals surface area (Å²) >= 11 is 3.43. The number of halogens is 2. The molecule has 1 saturated heterocycles. The predicted molar refractivity (Wildman–Crippen MR) is 74.4 cm³/mol. The minimum Gasteiger partial charge on any atom is -0.494 e. The summed E-state index contributed by atoms with van der Waals surface area (Å²) in [5.41, 5.74) is 0.984. The third-order valence-electron chi connectivity index (χ3n) is 2.58. The quantitative estimate of drug-likeness (QED) is 0.920. The van der Waals surface area contributed by atoms with Gasteiger partial charge in [-0.25, -0.2) is 4.79 Å². The van der Waals surface area contributed by atoms with Crippen molar-refractivity contribution >= 4 is 34.4 Å². The third-order valence-corrected chi connectivity index (χ3v) is 3.07. The van der Waals surface area contributed by atoms with Crippen molar-refractivity contribution in [3.63, 3.8) is 0 Å². The monoisotopic (exact) mass is 335 g/mol. The SMILES string of the molecule is CCOc1ccc(Br)cc1[C@@H]1CCOC(=O)N1.Cl. The molecular weight excluding hydrogens is 321 g/mol. The minimum absolute atomic E-state index is 0. The Hall–Kier alpha value is -0.940. The maximum absolute atomic E-state index is 11.2. The van der Waals surface area contributed by atoms with Gasteiger partial charge in [0.1, 0.15) is 5.75 Å². The van der Waals surface area contributed by atoms with E-state index in [1.807, 2.05) is 25.1 Å². The Balaban J connectivity index is 0.00000162. The number of hydrogen-bond donors (Lipinski definition) is 1. The second kappa shape index (κ2) is 6.85. The summed E-state index contributed by atoms with van der Waals surface area (Å²) in [7, 11) is 0. The van der Waals surface area contributed by atoms with Crippen molar-refractivity contribution in [3.8, 4) is 5.75 Å². The fraction of sp³-hybridized carbons (Fsp3) is 0.417. The van der Waals surface area contributed by atoms with Crippen LogP contribution in [-0.4, -0.2) is 19.3 Å². The number of amides is 1. The molecule has 1 aromatic rings. The van der Waals surface area contributed by atoms with Crippen molar-refractivity contribution in [3.05, 3.63) is 28.2 Å². The largest absolute Gasteiger partial charge is 0.494 e. The number of alkyl carbamates (subject to hydrolysis) is 1. The second-order valence-corrected chi connectivity index (χ2v) is 4.65. The van der Waals surface area contributed by atoms with Gasteiger partial charge in [-0.2, -0.15) is 0 Å². The lowest BCUT2D eigenvalue weighted by Gasteiger charge is -2.25. The van der Waals surface area contributed by atoms with Crippen LogP contribution in [0.5, 0.6) is 5.75 Å². The average Bonchev–Trinajstić information content (AvgIpc) is 2.32. The Morgan fingerprint density at radius 3 is 3.00 bits per heavy atom. The maximum Gasteiger partial charge on any atom is 0.407 e. The van der Waals surface area contributed by atoms with Crippen LogP contribution in [0.2, 0.25) is 0 Å². The molecule has 1 aromatic carbocycles. The van der Waals surface area contributed by atoms with E-state index in [1.165, 1.54) is 0 Å². The number of benzene rings is 1. The van der Waals surface area contributed by atoms with E-state index in [4.69, 9.17) is 9.47 Å². The summed E-state index contributed by atoms with van der Waals surface area (Å²) < 4.78 is 11.4. The molecule has 4 nitrogen and oxygen atoms in total. The van der Waals surface area contributed by atoms with Crippen molar-refractivity contribution in [1.29, 1.82) is 0 Å². The zero-order chi connectivity index (χ0) is 12.3. The molecule has 0 aromatic heterocycles. The smallest absolute Gasteiger partial charge is 0.407 e. The van der Waals surface area contributed by atoms with Gasteiger partial charge in [0.15, 0.2) is 0 Å². The molecule has 1 amide bonds. The summed E-state index contributed by atoms with van der Waals surface area (Å²) in [6.45, 7) is 2.98. The number of hydrogen-bond acceptors (Lipinski definition) is 3. The first-order valence-electron chi connectivity index (χ1n) is 5.56. The molecule has 0 unspecified atom stereocenters. The third kappa shape index (κ3) is 3.53. The number of cyclic esters (lactones) is 1. The van der Waals surface area contributed by atoms with Crippen LogP contribution in [0, 0.1) is 0 Å². The lowest BCUT2D eigenvalue weighted by atomic mass is 10.0. The van der Waals surface area contributed by atoms with E-state index >= 15 is 0 Å². The number of carbonyl (C=O) groups excluding carboxylic acids is 1. The topological polar surface area (TPSA) is 47.6 Å². The number of carbonyl (C=O) groups is 1. The molecule has 2 rings (SSSR count). The molecule has 1 aliphatic rings. The fourth-order valence-electron chi connectivity index (χ4n) is 1.84. The van der Waals surface area contributed by atoms with E-state index < -0.39 is 0 Å². The lowest BCUT2D eigenvalue weighted by molar-refractivity contribution is 0.115. The van der Waals surface area contributed by atoms with Crippen molar-refractivity contribution in [2.24, 2.45) is 0 Å². The summed E-state index contributed by atoms with van der Waals surface area (Å²) in [6, 6.07) is 5.76. The molecule has 0 aliphatic carbocycles. The highest BCUT2D eigenvalue weighted by molar-refractivity contribution is 9.10. The number of ether oxygens (including phenoxy) is 2. The molecule has 100 valence electrons. The van der Waals surface area contributed by atoms with Crippen molar-refractivity contribution in [1.82, 2.24) is 5.32 Å². The van der Waals surface area contributed by atoms with Gasteiger partial charge >= 0.3 is 6.09 Å². The summed E-state index contributed by atoms with van der Waals surface area (Å²) in [6.07, 6.45) is 0.381. The van der Waals surface area contributed by atoms with Gasteiger partial charge in [-0.05, 0) is 25.1 Å². The van der Waals surface area contributed by atoms with Crippen molar-refractivity contribution in [2.75, 3.05) is 13.2 Å². The van der Waals surface area contributed by atoms with Crippen LogP contribution in [0.1, 0.15) is 24.9 Å². The molecule has 1 heterocycles. The Bertz CT molecular complexity index is 428. The normalized spacial score (nSPS) is 18.3. The Morgan fingerprint density at radius 1 is 1.56 bits per heavy atom. The van der Waals surface area contributed by atoms with Gasteiger partial charge in [-0.3, -0.25) is 0 Å². The molecule has 0 spiro atoms. The molecule has 1 atom stereocenters. The van der Waals surface area contributed by atoms with Gasteiger partial charge in [0, 0.05) is 16.5 Å². The molecule has 1 fully saturated rings. The predicted octanol–water partition coefficient (Wildman–Crippen LogP) is 3.44. The lowest BCUT2D eigenvalue weighted by Crippen LogP contribution is -2.35. The number of nitrogens with one attached hydrogen (secondary N) is 1. The van der Waals surface area contributed by atoms with Gasteiger partial charge in [0.05, 0.1) is 19.3 Å². The van der Waals surface area contributed by atoms with Crippen LogP contribution in [0.3, 0.4) is 0 Å². The van der Waals surface area contributed by atoms with Gasteiger partial charge in [-0.15, -0.1) is 12.4 Å². The highest BCUT2D eigenvalue weighted by Crippen LogP contribution is 2.31. The standard InChI is InChI=1S/C12H14BrNO3.ClH/c1-2-16-11-4-3-8(13)7-9(11)10-5-6-17-12(15)14-10;/h3-4,7,10H,2,5-6H2,1H3,(H,14,15);1H/t10-;/m0./s1. The van der Waals surface area contributed by atoms with E-state index in [0.29, 0.717) is 13.2 Å². The van der Waals surface area contributed by atoms with E-state index in [2.05, 4.69) is 21.2 Å². The van der Waals surface area contributed by atoms with Crippen LogP contribution < -0.4 is 10.1 Å². The molecule has 0 saturated carbocycles. The summed E-state index contributed by atoms with van der Waals surface area (Å²) in [4.78, 5) is 11.2. The zero-order valence-electron chi connectivity index (χ0n) is 9.94. The molecule has 1 N–H and O–H groups in total. The van der Waals surface area contributed by atoms with E-state index in [-0.39, 0.29) is 24.5 Å². The molecular formula is C12H15BrClNO3. The molecule has 0 bridgehead atoms. The molecule has 1 aliphatic heterocycles. The minimum atomic E-state index is -0.372. The van der Waals surface area contributed by atoms with Gasteiger partial charge < -0.3 is 14.8 Å². The fourth-order valence-corrected chi connectivity index (χ4v) is 2.22. The Kier molecular flexibility index (Phi) is 5.75. The average molecular weight is 337 g/mol. The first kappa shape index (κ1) is 15.1. The first-order chi connectivity index (χ1) is 8.20. The van der Waals surface area contributed by atoms with Gasteiger partial charge in [-0.1, -0.05) is 15.9 Å². The first-order valence-corrected chi connectivity index (χ1v) is 6.35. The zero-order valence-corrected chi connectivity index (χ0v) is 12.3. The van der Waals surface area contributed by atoms with E-state index in [9.17, 15) is 4.79 Å². The molecule has 0 radical (unpaired) electrons. The summed E-state index contributed by atoms with van der Waals surface area (Å²) in [5.74, 6) is 0.808.